The van der Waals surface area contributed by atoms with E-state index in [1.54, 1.807) is 13.2 Å². The predicted molar refractivity (Wildman–Crippen MR) is 85.0 cm³/mol. The Morgan fingerprint density at radius 1 is 1.45 bits per heavy atom. The van der Waals surface area contributed by atoms with Crippen molar-refractivity contribution in [1.29, 1.82) is 0 Å². The van der Waals surface area contributed by atoms with Crippen molar-refractivity contribution in [1.82, 2.24) is 14.7 Å². The SMILES string of the molecule is CCc1c(NC(=O)N(C)CCC(=O)O)cnn1CCC(C)C. The summed E-state index contributed by atoms with van der Waals surface area (Å²) in [6.07, 6.45) is 3.38. The van der Waals surface area contributed by atoms with Gasteiger partial charge in [0.15, 0.2) is 0 Å². The number of nitrogens with one attached hydrogen (secondary N) is 1. The van der Waals surface area contributed by atoms with Gasteiger partial charge in [0.25, 0.3) is 0 Å². The molecule has 0 saturated carbocycles. The average molecular weight is 310 g/mol. The molecule has 0 saturated heterocycles. The molecule has 2 N–H and O–H groups in total. The van der Waals surface area contributed by atoms with Gasteiger partial charge in [0.05, 0.1) is 24.0 Å². The summed E-state index contributed by atoms with van der Waals surface area (Å²) >= 11 is 0. The van der Waals surface area contributed by atoms with Gasteiger partial charge in [-0.2, -0.15) is 5.10 Å². The fourth-order valence-corrected chi connectivity index (χ4v) is 2.04. The number of nitrogens with zero attached hydrogens (tertiary/aromatic N) is 3. The zero-order chi connectivity index (χ0) is 16.7. The van der Waals surface area contributed by atoms with Crippen LogP contribution in [0.2, 0.25) is 0 Å². The molecule has 0 aliphatic rings. The van der Waals surface area contributed by atoms with E-state index in [2.05, 4.69) is 24.3 Å². The number of rotatable bonds is 8. The molecule has 2 amide bonds. The maximum Gasteiger partial charge on any atom is 0.321 e. The first kappa shape index (κ1) is 18.0. The average Bonchev–Trinajstić information content (AvgIpc) is 2.84. The fraction of sp³-hybridized carbons (Fsp3) is 0.667. The highest BCUT2D eigenvalue weighted by Gasteiger charge is 2.15. The molecule has 0 spiro atoms. The van der Waals surface area contributed by atoms with E-state index in [1.807, 2.05) is 11.6 Å². The number of hydrogen-bond acceptors (Lipinski definition) is 3. The summed E-state index contributed by atoms with van der Waals surface area (Å²) in [7, 11) is 1.58. The van der Waals surface area contributed by atoms with E-state index in [0.717, 1.165) is 25.1 Å². The highest BCUT2D eigenvalue weighted by Crippen LogP contribution is 2.17. The van der Waals surface area contributed by atoms with Crippen LogP contribution in [0.3, 0.4) is 0 Å². The van der Waals surface area contributed by atoms with Gasteiger partial charge in [-0.25, -0.2) is 4.79 Å². The number of hydrogen-bond donors (Lipinski definition) is 2. The van der Waals surface area contributed by atoms with Crippen molar-refractivity contribution in [2.75, 3.05) is 18.9 Å². The first-order valence-electron chi connectivity index (χ1n) is 7.63. The van der Waals surface area contributed by atoms with Crippen LogP contribution >= 0.6 is 0 Å². The maximum absolute atomic E-state index is 12.1. The summed E-state index contributed by atoms with van der Waals surface area (Å²) < 4.78 is 1.92. The lowest BCUT2D eigenvalue weighted by molar-refractivity contribution is -0.137. The minimum absolute atomic E-state index is 0.0712. The van der Waals surface area contributed by atoms with Crippen molar-refractivity contribution in [3.8, 4) is 0 Å². The number of amides is 2. The molecule has 0 unspecified atom stereocenters. The lowest BCUT2D eigenvalue weighted by atomic mass is 10.1. The Hall–Kier alpha value is -2.05. The predicted octanol–water partition coefficient (Wildman–Crippen LogP) is 2.43. The number of carboxylic acid groups (broad SMARTS) is 1. The molecule has 1 aromatic heterocycles. The van der Waals surface area contributed by atoms with Crippen molar-refractivity contribution in [3.05, 3.63) is 11.9 Å². The van der Waals surface area contributed by atoms with Crippen LogP contribution in [0.15, 0.2) is 6.20 Å². The topological polar surface area (TPSA) is 87.5 Å². The van der Waals surface area contributed by atoms with Crippen LogP contribution in [0.4, 0.5) is 10.5 Å². The Morgan fingerprint density at radius 2 is 2.14 bits per heavy atom. The summed E-state index contributed by atoms with van der Waals surface area (Å²) in [5, 5.41) is 15.8. The molecular formula is C15H26N4O3. The largest absolute Gasteiger partial charge is 0.481 e. The number of carboxylic acids is 1. The normalized spacial score (nSPS) is 10.8. The molecule has 0 radical (unpaired) electrons. The number of urea groups is 1. The molecule has 1 rings (SSSR count). The van der Waals surface area contributed by atoms with E-state index in [0.29, 0.717) is 11.6 Å². The van der Waals surface area contributed by atoms with Crippen LogP contribution < -0.4 is 5.32 Å². The summed E-state index contributed by atoms with van der Waals surface area (Å²) in [5.74, 6) is -0.329. The Bertz CT molecular complexity index is 511. The van der Waals surface area contributed by atoms with Crippen molar-refractivity contribution < 1.29 is 14.7 Å². The van der Waals surface area contributed by atoms with Gasteiger partial charge in [-0.15, -0.1) is 0 Å². The van der Waals surface area contributed by atoms with Crippen LogP contribution in [-0.4, -0.2) is 45.4 Å². The Labute approximate surface area is 131 Å². The minimum Gasteiger partial charge on any atom is -0.481 e. The van der Waals surface area contributed by atoms with Crippen LogP contribution in [-0.2, 0) is 17.8 Å². The van der Waals surface area contributed by atoms with E-state index in [9.17, 15) is 9.59 Å². The molecule has 7 heteroatoms. The second-order valence-electron chi connectivity index (χ2n) is 5.76. The molecule has 124 valence electrons. The smallest absolute Gasteiger partial charge is 0.321 e. The van der Waals surface area contributed by atoms with Crippen LogP contribution in [0.1, 0.15) is 39.3 Å². The molecule has 0 aromatic carbocycles. The van der Waals surface area contributed by atoms with E-state index in [-0.39, 0.29) is 19.0 Å². The number of aryl methyl sites for hydroxylation is 1. The molecule has 1 aromatic rings. The van der Waals surface area contributed by atoms with Gasteiger partial charge in [0.2, 0.25) is 0 Å². The molecule has 0 fully saturated rings. The molecule has 1 heterocycles. The first-order chi connectivity index (χ1) is 10.3. The Morgan fingerprint density at radius 3 is 2.68 bits per heavy atom. The Kier molecular flexibility index (Phi) is 6.88. The summed E-state index contributed by atoms with van der Waals surface area (Å²) in [6.45, 7) is 7.34. The van der Waals surface area contributed by atoms with Gasteiger partial charge in [-0.05, 0) is 18.8 Å². The highest BCUT2D eigenvalue weighted by atomic mass is 16.4. The van der Waals surface area contributed by atoms with Crippen molar-refractivity contribution in [2.45, 2.75) is 46.6 Å². The summed E-state index contributed by atoms with van der Waals surface area (Å²) in [5.41, 5.74) is 1.68. The number of aromatic nitrogens is 2. The number of carbonyl (C=O) groups is 2. The van der Waals surface area contributed by atoms with Crippen molar-refractivity contribution in [3.63, 3.8) is 0 Å². The molecule has 0 atom stereocenters. The second kappa shape index (κ2) is 8.41. The number of aliphatic carboxylic acids is 1. The molecule has 0 bridgehead atoms. The van der Waals surface area contributed by atoms with Gasteiger partial charge >= 0.3 is 12.0 Å². The van der Waals surface area contributed by atoms with Crippen molar-refractivity contribution >= 4 is 17.7 Å². The summed E-state index contributed by atoms with van der Waals surface area (Å²) in [4.78, 5) is 24.0. The van der Waals surface area contributed by atoms with E-state index < -0.39 is 5.97 Å². The second-order valence-corrected chi connectivity index (χ2v) is 5.76. The monoisotopic (exact) mass is 310 g/mol. The molecule has 0 aliphatic carbocycles. The molecule has 7 nitrogen and oxygen atoms in total. The molecule has 0 aliphatic heterocycles. The lowest BCUT2D eigenvalue weighted by Crippen LogP contribution is -2.33. The van der Waals surface area contributed by atoms with E-state index >= 15 is 0 Å². The third-order valence-corrected chi connectivity index (χ3v) is 3.45. The van der Waals surface area contributed by atoms with Gasteiger partial charge in [-0.1, -0.05) is 20.8 Å². The van der Waals surface area contributed by atoms with Gasteiger partial charge < -0.3 is 15.3 Å². The van der Waals surface area contributed by atoms with Crippen LogP contribution in [0.5, 0.6) is 0 Å². The minimum atomic E-state index is -0.921. The van der Waals surface area contributed by atoms with Crippen LogP contribution in [0.25, 0.3) is 0 Å². The van der Waals surface area contributed by atoms with Gasteiger partial charge in [0.1, 0.15) is 0 Å². The number of anilines is 1. The summed E-state index contributed by atoms with van der Waals surface area (Å²) in [6, 6.07) is -0.320. The van der Waals surface area contributed by atoms with Crippen LogP contribution in [0, 0.1) is 5.92 Å². The van der Waals surface area contributed by atoms with E-state index in [4.69, 9.17) is 5.11 Å². The molecule has 22 heavy (non-hydrogen) atoms. The lowest BCUT2D eigenvalue weighted by Gasteiger charge is -2.17. The standard InChI is InChI=1S/C15H26N4O3/c1-5-13-12(10-16-19(13)9-6-11(2)3)17-15(22)18(4)8-7-14(20)21/h10-11H,5-9H2,1-4H3,(H,17,22)(H,20,21). The Balaban J connectivity index is 2.68. The highest BCUT2D eigenvalue weighted by molar-refractivity contribution is 5.89. The maximum atomic E-state index is 12.1. The fourth-order valence-electron chi connectivity index (χ4n) is 2.04. The number of carbonyl (C=O) groups excluding carboxylic acids is 1. The molecular weight excluding hydrogens is 284 g/mol. The quantitative estimate of drug-likeness (QED) is 0.772. The third-order valence-electron chi connectivity index (χ3n) is 3.45. The zero-order valence-electron chi connectivity index (χ0n) is 13.8. The van der Waals surface area contributed by atoms with Crippen molar-refractivity contribution in [2.24, 2.45) is 5.92 Å². The third kappa shape index (κ3) is 5.38. The van der Waals surface area contributed by atoms with Gasteiger partial charge in [-0.3, -0.25) is 9.48 Å². The first-order valence-corrected chi connectivity index (χ1v) is 7.63. The van der Waals surface area contributed by atoms with E-state index in [1.165, 1.54) is 4.90 Å². The van der Waals surface area contributed by atoms with Gasteiger partial charge in [0, 0.05) is 20.1 Å². The zero-order valence-corrected chi connectivity index (χ0v) is 13.8.